The second-order valence-corrected chi connectivity index (χ2v) is 8.23. The monoisotopic (exact) mass is 430 g/mol. The number of nitrogens with zero attached hydrogens (tertiary/aromatic N) is 3. The number of amides is 1. The predicted octanol–water partition coefficient (Wildman–Crippen LogP) is 4.51. The number of ether oxygens (including phenoxy) is 1. The molecule has 1 aliphatic rings. The van der Waals surface area contributed by atoms with Crippen molar-refractivity contribution in [3.05, 3.63) is 65.2 Å². The minimum absolute atomic E-state index is 0.00241. The second-order valence-electron chi connectivity index (χ2n) is 8.23. The van der Waals surface area contributed by atoms with Crippen LogP contribution in [0.25, 0.3) is 22.0 Å². The average molecular weight is 431 g/mol. The molecule has 2 aromatic carbocycles. The van der Waals surface area contributed by atoms with E-state index in [0.717, 1.165) is 52.1 Å². The normalized spacial score (nSPS) is 15.2. The highest BCUT2D eigenvalue weighted by atomic mass is 16.5. The Morgan fingerprint density at radius 2 is 2.16 bits per heavy atom. The lowest BCUT2D eigenvalue weighted by molar-refractivity contribution is -0.120. The summed E-state index contributed by atoms with van der Waals surface area (Å²) >= 11 is 0. The van der Waals surface area contributed by atoms with Crippen LogP contribution in [0.3, 0.4) is 0 Å². The highest BCUT2D eigenvalue weighted by Gasteiger charge is 2.29. The van der Waals surface area contributed by atoms with Crippen molar-refractivity contribution in [2.75, 3.05) is 7.05 Å². The van der Waals surface area contributed by atoms with Gasteiger partial charge < -0.3 is 14.6 Å². The number of carbonyl (C=O) groups is 1. The lowest BCUT2D eigenvalue weighted by Crippen LogP contribution is -2.19. The summed E-state index contributed by atoms with van der Waals surface area (Å²) < 4.78 is 13.8. The number of hydrogen-bond acceptors (Lipinski definition) is 5. The van der Waals surface area contributed by atoms with Crippen molar-refractivity contribution in [3.63, 3.8) is 0 Å². The molecule has 164 valence electrons. The third kappa shape index (κ3) is 3.53. The van der Waals surface area contributed by atoms with Crippen molar-refractivity contribution in [3.8, 4) is 16.9 Å². The van der Waals surface area contributed by atoms with E-state index in [-0.39, 0.29) is 12.0 Å². The molecule has 7 nitrogen and oxygen atoms in total. The Labute approximate surface area is 186 Å². The van der Waals surface area contributed by atoms with Gasteiger partial charge in [-0.3, -0.25) is 9.48 Å². The van der Waals surface area contributed by atoms with Gasteiger partial charge in [0.15, 0.2) is 0 Å². The van der Waals surface area contributed by atoms with Crippen LogP contribution in [0.15, 0.2) is 47.1 Å². The Hall–Kier alpha value is -3.61. The lowest BCUT2D eigenvalue weighted by Gasteiger charge is -2.18. The highest BCUT2D eigenvalue weighted by Crippen LogP contribution is 2.43. The van der Waals surface area contributed by atoms with Gasteiger partial charge in [0.1, 0.15) is 17.6 Å². The smallest absolute Gasteiger partial charge is 0.221 e. The number of nitrogens with one attached hydrogen (secondary N) is 1. The molecule has 0 aliphatic heterocycles. The molecule has 0 spiro atoms. The number of fused-ring (bicyclic) bond motifs is 2. The summed E-state index contributed by atoms with van der Waals surface area (Å²) in [6.07, 6.45) is 4.10. The predicted molar refractivity (Wildman–Crippen MR) is 122 cm³/mol. The summed E-state index contributed by atoms with van der Waals surface area (Å²) in [5.74, 6) is 1.64. The minimum Gasteiger partial charge on any atom is -0.486 e. The third-order valence-electron chi connectivity index (χ3n) is 6.22. The zero-order valence-corrected chi connectivity index (χ0v) is 18.5. The number of carbonyl (C=O) groups excluding carboxylic acids is 1. The van der Waals surface area contributed by atoms with Crippen molar-refractivity contribution in [2.45, 2.75) is 45.8 Å². The van der Waals surface area contributed by atoms with E-state index in [1.807, 2.05) is 42.9 Å². The number of benzene rings is 2. The molecular formula is C25H26N4O3. The van der Waals surface area contributed by atoms with E-state index < -0.39 is 0 Å². The van der Waals surface area contributed by atoms with Crippen molar-refractivity contribution < 1.29 is 14.1 Å². The van der Waals surface area contributed by atoms with E-state index >= 15 is 0 Å². The standard InChI is InChI=1S/C25H26N4O3/c1-15-24(16(2)32-28-15)20-6-4-5-17-7-10-22(25(17)20)31-19-8-9-21-18(13-19)14-27-29(21)12-11-23(30)26-3/h4-6,8-9,13-14,22H,7,10-12H2,1-3H3,(H,26,30). The first kappa shape index (κ1) is 20.3. The summed E-state index contributed by atoms with van der Waals surface area (Å²) in [4.78, 5) is 11.6. The molecule has 2 heterocycles. The Morgan fingerprint density at radius 3 is 2.94 bits per heavy atom. The second kappa shape index (κ2) is 8.15. The molecule has 5 rings (SSSR count). The average Bonchev–Trinajstić information content (AvgIpc) is 3.49. The molecule has 1 amide bonds. The van der Waals surface area contributed by atoms with Gasteiger partial charge >= 0.3 is 0 Å². The molecule has 32 heavy (non-hydrogen) atoms. The van der Waals surface area contributed by atoms with Gasteiger partial charge in [0.2, 0.25) is 5.91 Å². The van der Waals surface area contributed by atoms with Gasteiger partial charge in [-0.05, 0) is 56.0 Å². The Balaban J connectivity index is 1.43. The molecule has 1 unspecified atom stereocenters. The summed E-state index contributed by atoms with van der Waals surface area (Å²) in [6.45, 7) is 4.47. The van der Waals surface area contributed by atoms with Crippen LogP contribution in [0.1, 0.15) is 41.5 Å². The summed E-state index contributed by atoms with van der Waals surface area (Å²) in [5, 5.41) is 12.2. The molecule has 1 aliphatic carbocycles. The largest absolute Gasteiger partial charge is 0.486 e. The number of aromatic nitrogens is 3. The molecule has 0 saturated carbocycles. The van der Waals surface area contributed by atoms with E-state index in [1.54, 1.807) is 7.05 Å². The van der Waals surface area contributed by atoms with Crippen LogP contribution in [0.2, 0.25) is 0 Å². The Morgan fingerprint density at radius 1 is 1.28 bits per heavy atom. The molecule has 1 N–H and O–H groups in total. The van der Waals surface area contributed by atoms with Crippen LogP contribution < -0.4 is 10.1 Å². The summed E-state index contributed by atoms with van der Waals surface area (Å²) in [6, 6.07) is 12.4. The van der Waals surface area contributed by atoms with Gasteiger partial charge in [-0.1, -0.05) is 23.4 Å². The van der Waals surface area contributed by atoms with E-state index in [2.05, 4.69) is 33.8 Å². The summed E-state index contributed by atoms with van der Waals surface area (Å²) in [5.41, 5.74) is 6.63. The maximum Gasteiger partial charge on any atom is 0.221 e. The number of aryl methyl sites for hydroxylation is 4. The first-order chi connectivity index (χ1) is 15.5. The first-order valence-electron chi connectivity index (χ1n) is 10.9. The van der Waals surface area contributed by atoms with E-state index in [0.29, 0.717) is 13.0 Å². The SMILES string of the molecule is CNC(=O)CCn1ncc2cc(OC3CCc4cccc(-c5c(C)noc5C)c43)ccc21. The highest BCUT2D eigenvalue weighted by molar-refractivity contribution is 5.81. The molecule has 0 fully saturated rings. The maximum absolute atomic E-state index is 11.6. The van der Waals surface area contributed by atoms with Crippen LogP contribution in [-0.4, -0.2) is 27.9 Å². The van der Waals surface area contributed by atoms with Crippen LogP contribution >= 0.6 is 0 Å². The lowest BCUT2D eigenvalue weighted by atomic mass is 9.95. The van der Waals surface area contributed by atoms with Gasteiger partial charge in [-0.2, -0.15) is 5.10 Å². The van der Waals surface area contributed by atoms with E-state index in [1.165, 1.54) is 11.1 Å². The summed E-state index contributed by atoms with van der Waals surface area (Å²) in [7, 11) is 1.64. The van der Waals surface area contributed by atoms with Crippen molar-refractivity contribution in [2.24, 2.45) is 0 Å². The topological polar surface area (TPSA) is 82.2 Å². The van der Waals surface area contributed by atoms with Gasteiger partial charge in [0.25, 0.3) is 0 Å². The molecular weight excluding hydrogens is 404 g/mol. The fourth-order valence-electron chi connectivity index (χ4n) is 4.66. The molecule has 0 saturated heterocycles. The first-order valence-corrected chi connectivity index (χ1v) is 10.9. The van der Waals surface area contributed by atoms with Gasteiger partial charge in [0.05, 0.1) is 24.0 Å². The van der Waals surface area contributed by atoms with Crippen molar-refractivity contribution in [1.29, 1.82) is 0 Å². The fraction of sp³-hybridized carbons (Fsp3) is 0.320. The molecule has 4 aromatic rings. The minimum atomic E-state index is -0.0318. The third-order valence-corrected chi connectivity index (χ3v) is 6.22. The van der Waals surface area contributed by atoms with Crippen molar-refractivity contribution >= 4 is 16.8 Å². The van der Waals surface area contributed by atoms with Crippen molar-refractivity contribution in [1.82, 2.24) is 20.3 Å². The van der Waals surface area contributed by atoms with Crippen LogP contribution in [-0.2, 0) is 17.8 Å². The fourth-order valence-corrected chi connectivity index (χ4v) is 4.66. The quantitative estimate of drug-likeness (QED) is 0.487. The van der Waals surface area contributed by atoms with Crippen LogP contribution in [0.5, 0.6) is 5.75 Å². The molecule has 2 aromatic heterocycles. The van der Waals surface area contributed by atoms with Gasteiger partial charge in [0, 0.05) is 30.0 Å². The zero-order chi connectivity index (χ0) is 22.2. The molecule has 1 atom stereocenters. The number of hydrogen-bond donors (Lipinski definition) is 1. The molecule has 7 heteroatoms. The Kier molecular flexibility index (Phi) is 5.17. The number of rotatable bonds is 6. The van der Waals surface area contributed by atoms with Crippen LogP contribution in [0, 0.1) is 13.8 Å². The molecule has 0 radical (unpaired) electrons. The van der Waals surface area contributed by atoms with Gasteiger partial charge in [-0.15, -0.1) is 0 Å². The zero-order valence-electron chi connectivity index (χ0n) is 18.5. The molecule has 0 bridgehead atoms. The van der Waals surface area contributed by atoms with Crippen LogP contribution in [0.4, 0.5) is 0 Å². The van der Waals surface area contributed by atoms with E-state index in [9.17, 15) is 4.79 Å². The Bertz CT molecular complexity index is 1280. The maximum atomic E-state index is 11.6. The van der Waals surface area contributed by atoms with Gasteiger partial charge in [-0.25, -0.2) is 0 Å². The van der Waals surface area contributed by atoms with E-state index in [4.69, 9.17) is 9.26 Å².